The number of aryl methyl sites for hydroxylation is 1. The molecule has 0 radical (unpaired) electrons. The lowest BCUT2D eigenvalue weighted by Crippen LogP contribution is -2.20. The van der Waals surface area contributed by atoms with Crippen molar-refractivity contribution in [3.05, 3.63) is 47.5 Å². The van der Waals surface area contributed by atoms with Crippen LogP contribution in [0, 0.1) is 11.8 Å². The molecule has 2 aliphatic carbocycles. The second-order valence-electron chi connectivity index (χ2n) is 5.52. The van der Waals surface area contributed by atoms with E-state index >= 15 is 0 Å². The first-order valence-electron chi connectivity index (χ1n) is 6.56. The summed E-state index contributed by atoms with van der Waals surface area (Å²) >= 11 is 0. The van der Waals surface area contributed by atoms with Gasteiger partial charge in [-0.2, -0.15) is 0 Å². The zero-order chi connectivity index (χ0) is 11.0. The Morgan fingerprint density at radius 1 is 0.875 bits per heavy atom. The number of allylic oxidation sites excluding steroid dienone is 1. The quantitative estimate of drug-likeness (QED) is 0.613. The van der Waals surface area contributed by atoms with E-state index in [0.717, 1.165) is 11.8 Å². The van der Waals surface area contributed by atoms with Crippen molar-refractivity contribution in [2.75, 3.05) is 0 Å². The molecule has 0 saturated heterocycles. The highest BCUT2D eigenvalue weighted by Gasteiger charge is 2.29. The molecule has 84 valence electrons. The molecule has 0 bridgehead atoms. The Bertz CT molecular complexity index is 402. The molecule has 0 amide bonds. The van der Waals surface area contributed by atoms with Crippen LogP contribution in [-0.4, -0.2) is 0 Å². The van der Waals surface area contributed by atoms with Gasteiger partial charge in [0, 0.05) is 0 Å². The van der Waals surface area contributed by atoms with E-state index in [1.807, 2.05) is 0 Å². The van der Waals surface area contributed by atoms with Gasteiger partial charge in [-0.1, -0.05) is 36.4 Å². The van der Waals surface area contributed by atoms with Gasteiger partial charge in [0.15, 0.2) is 0 Å². The number of benzene rings is 1. The fourth-order valence-electron chi connectivity index (χ4n) is 3.50. The molecule has 16 heavy (non-hydrogen) atoms. The van der Waals surface area contributed by atoms with Crippen molar-refractivity contribution in [3.8, 4) is 0 Å². The van der Waals surface area contributed by atoms with E-state index in [1.54, 1.807) is 11.1 Å². The molecule has 0 heteroatoms. The average Bonchev–Trinajstić information content (AvgIpc) is 2.75. The summed E-state index contributed by atoms with van der Waals surface area (Å²) in [6.07, 6.45) is 7.98. The van der Waals surface area contributed by atoms with E-state index in [1.165, 1.54) is 44.1 Å². The molecule has 2 atom stereocenters. The highest BCUT2D eigenvalue weighted by Crippen LogP contribution is 2.40. The van der Waals surface area contributed by atoms with Crippen molar-refractivity contribution in [1.82, 2.24) is 0 Å². The van der Waals surface area contributed by atoms with E-state index < -0.39 is 0 Å². The number of rotatable bonds is 1. The minimum absolute atomic E-state index is 0.925. The summed E-state index contributed by atoms with van der Waals surface area (Å²) in [5.41, 5.74) is 4.69. The normalized spacial score (nSPS) is 29.1. The second-order valence-corrected chi connectivity index (χ2v) is 5.52. The average molecular weight is 212 g/mol. The van der Waals surface area contributed by atoms with Gasteiger partial charge in [-0.25, -0.2) is 0 Å². The molecule has 0 spiro atoms. The molecule has 3 rings (SSSR count). The third-order valence-electron chi connectivity index (χ3n) is 4.47. The Balaban J connectivity index is 1.75. The minimum atomic E-state index is 0.925. The molecular formula is C16H20. The molecule has 0 heterocycles. The lowest BCUT2D eigenvalue weighted by Gasteiger charge is -2.29. The van der Waals surface area contributed by atoms with Gasteiger partial charge in [-0.15, -0.1) is 0 Å². The van der Waals surface area contributed by atoms with Crippen molar-refractivity contribution >= 4 is 0 Å². The van der Waals surface area contributed by atoms with Crippen LogP contribution in [0.25, 0.3) is 0 Å². The van der Waals surface area contributed by atoms with Crippen LogP contribution in [-0.2, 0) is 12.8 Å². The summed E-state index contributed by atoms with van der Waals surface area (Å²) < 4.78 is 0. The standard InChI is InChI=1S/C16H20/c1-12-6-7-15(10-12)16-9-8-13-4-2-3-5-14(13)11-16/h2-5,15-16H,1,6-11H2. The van der Waals surface area contributed by atoms with Gasteiger partial charge in [0.2, 0.25) is 0 Å². The monoisotopic (exact) mass is 212 g/mol. The van der Waals surface area contributed by atoms with Crippen molar-refractivity contribution in [3.63, 3.8) is 0 Å². The summed E-state index contributed by atoms with van der Waals surface area (Å²) in [7, 11) is 0. The first kappa shape index (κ1) is 10.1. The third-order valence-corrected chi connectivity index (χ3v) is 4.47. The summed E-state index contributed by atoms with van der Waals surface area (Å²) in [4.78, 5) is 0. The van der Waals surface area contributed by atoms with Crippen LogP contribution in [0.5, 0.6) is 0 Å². The van der Waals surface area contributed by atoms with Crippen LogP contribution < -0.4 is 0 Å². The Morgan fingerprint density at radius 2 is 1.56 bits per heavy atom. The van der Waals surface area contributed by atoms with Crippen molar-refractivity contribution in [1.29, 1.82) is 0 Å². The molecule has 1 fully saturated rings. The first-order valence-corrected chi connectivity index (χ1v) is 6.56. The highest BCUT2D eigenvalue weighted by atomic mass is 14.3. The van der Waals surface area contributed by atoms with E-state index in [2.05, 4.69) is 30.8 Å². The van der Waals surface area contributed by atoms with Gasteiger partial charge in [0.1, 0.15) is 0 Å². The molecule has 0 N–H and O–H groups in total. The Labute approximate surface area is 98.4 Å². The number of hydrogen-bond donors (Lipinski definition) is 0. The molecule has 2 aliphatic rings. The smallest absolute Gasteiger partial charge is 0.0245 e. The molecule has 2 unspecified atom stereocenters. The first-order chi connectivity index (χ1) is 7.83. The molecular weight excluding hydrogens is 192 g/mol. The summed E-state index contributed by atoms with van der Waals surface area (Å²) in [5, 5.41) is 0. The number of hydrogen-bond acceptors (Lipinski definition) is 0. The van der Waals surface area contributed by atoms with Crippen LogP contribution in [0.1, 0.15) is 36.8 Å². The van der Waals surface area contributed by atoms with Crippen LogP contribution in [0.15, 0.2) is 36.4 Å². The van der Waals surface area contributed by atoms with Gasteiger partial charge in [0.05, 0.1) is 0 Å². The van der Waals surface area contributed by atoms with Crippen molar-refractivity contribution in [2.45, 2.75) is 38.5 Å². The van der Waals surface area contributed by atoms with Crippen LogP contribution in [0.3, 0.4) is 0 Å². The zero-order valence-corrected chi connectivity index (χ0v) is 9.91. The SMILES string of the molecule is C=C1CCC(C2CCc3ccccc3C2)C1. The molecule has 1 aromatic carbocycles. The van der Waals surface area contributed by atoms with Gasteiger partial charge in [-0.05, 0) is 61.5 Å². The fourth-order valence-corrected chi connectivity index (χ4v) is 3.50. The van der Waals surface area contributed by atoms with E-state index in [-0.39, 0.29) is 0 Å². The maximum absolute atomic E-state index is 4.14. The summed E-state index contributed by atoms with van der Waals surface area (Å²) in [6, 6.07) is 9.00. The summed E-state index contributed by atoms with van der Waals surface area (Å²) in [5.74, 6) is 1.86. The van der Waals surface area contributed by atoms with E-state index in [9.17, 15) is 0 Å². The van der Waals surface area contributed by atoms with Gasteiger partial charge < -0.3 is 0 Å². The molecule has 0 aliphatic heterocycles. The predicted molar refractivity (Wildman–Crippen MR) is 68.4 cm³/mol. The number of fused-ring (bicyclic) bond motifs is 1. The topological polar surface area (TPSA) is 0 Å². The lowest BCUT2D eigenvalue weighted by molar-refractivity contribution is 0.308. The summed E-state index contributed by atoms with van der Waals surface area (Å²) in [6.45, 7) is 4.14. The molecule has 1 saturated carbocycles. The van der Waals surface area contributed by atoms with Crippen molar-refractivity contribution in [2.24, 2.45) is 11.8 Å². The van der Waals surface area contributed by atoms with E-state index in [0.29, 0.717) is 0 Å². The molecule has 1 aromatic rings. The predicted octanol–water partition coefficient (Wildman–Crippen LogP) is 4.15. The van der Waals surface area contributed by atoms with Gasteiger partial charge in [0.25, 0.3) is 0 Å². The highest BCUT2D eigenvalue weighted by molar-refractivity contribution is 5.30. The third kappa shape index (κ3) is 1.81. The second kappa shape index (κ2) is 4.08. The van der Waals surface area contributed by atoms with E-state index in [4.69, 9.17) is 0 Å². The lowest BCUT2D eigenvalue weighted by atomic mass is 9.76. The Morgan fingerprint density at radius 3 is 2.31 bits per heavy atom. The molecule has 0 nitrogen and oxygen atoms in total. The largest absolute Gasteiger partial charge is 0.0999 e. The maximum Gasteiger partial charge on any atom is -0.0245 e. The Hall–Kier alpha value is -1.04. The van der Waals surface area contributed by atoms with Crippen LogP contribution in [0.2, 0.25) is 0 Å². The maximum atomic E-state index is 4.14. The van der Waals surface area contributed by atoms with Gasteiger partial charge >= 0.3 is 0 Å². The molecule has 0 aromatic heterocycles. The fraction of sp³-hybridized carbons (Fsp3) is 0.500. The van der Waals surface area contributed by atoms with Crippen LogP contribution >= 0.6 is 0 Å². The zero-order valence-electron chi connectivity index (χ0n) is 9.91. The van der Waals surface area contributed by atoms with Crippen LogP contribution in [0.4, 0.5) is 0 Å². The van der Waals surface area contributed by atoms with Gasteiger partial charge in [-0.3, -0.25) is 0 Å². The Kier molecular flexibility index (Phi) is 2.59. The van der Waals surface area contributed by atoms with Crippen molar-refractivity contribution < 1.29 is 0 Å². The minimum Gasteiger partial charge on any atom is -0.0999 e.